The maximum atomic E-state index is 11.5. The van der Waals surface area contributed by atoms with Gasteiger partial charge in [-0.05, 0) is 25.2 Å². The SMILES string of the molecule is CC(C)C(C)(C)CNCC(C)(C)N(C)S(C)(=O)=O. The summed E-state index contributed by atoms with van der Waals surface area (Å²) in [4.78, 5) is 0. The van der Waals surface area contributed by atoms with Crippen LogP contribution < -0.4 is 5.32 Å². The van der Waals surface area contributed by atoms with Gasteiger partial charge in [-0.3, -0.25) is 0 Å². The molecule has 1 N–H and O–H groups in total. The van der Waals surface area contributed by atoms with E-state index in [1.807, 2.05) is 13.8 Å². The van der Waals surface area contributed by atoms with Gasteiger partial charge in [-0.1, -0.05) is 27.7 Å². The summed E-state index contributed by atoms with van der Waals surface area (Å²) in [6.07, 6.45) is 1.24. The number of likely N-dealkylation sites (N-methyl/N-ethyl adjacent to an activating group) is 1. The lowest BCUT2D eigenvalue weighted by Crippen LogP contribution is -2.52. The van der Waals surface area contributed by atoms with Crippen molar-refractivity contribution in [3.05, 3.63) is 0 Å². The minimum atomic E-state index is -3.15. The molecule has 0 saturated heterocycles. The van der Waals surface area contributed by atoms with Crippen molar-refractivity contribution in [2.24, 2.45) is 11.3 Å². The van der Waals surface area contributed by atoms with Crippen LogP contribution in [0.25, 0.3) is 0 Å². The van der Waals surface area contributed by atoms with E-state index in [1.54, 1.807) is 7.05 Å². The van der Waals surface area contributed by atoms with Gasteiger partial charge in [0, 0.05) is 25.7 Å². The molecule has 110 valence electrons. The van der Waals surface area contributed by atoms with Crippen LogP contribution in [0.2, 0.25) is 0 Å². The Balaban J connectivity index is 4.47. The van der Waals surface area contributed by atoms with Crippen molar-refractivity contribution < 1.29 is 8.42 Å². The monoisotopic (exact) mass is 278 g/mol. The smallest absolute Gasteiger partial charge is 0.211 e. The molecule has 0 aromatic heterocycles. The second-order valence-electron chi connectivity index (χ2n) is 6.79. The molecule has 0 aromatic carbocycles. The Morgan fingerprint density at radius 1 is 1.11 bits per heavy atom. The first kappa shape index (κ1) is 17.9. The average molecular weight is 278 g/mol. The molecule has 18 heavy (non-hydrogen) atoms. The second kappa shape index (κ2) is 5.88. The van der Waals surface area contributed by atoms with Gasteiger partial charge in [0.05, 0.1) is 6.26 Å². The molecule has 0 heterocycles. The molecule has 0 aliphatic carbocycles. The van der Waals surface area contributed by atoms with Gasteiger partial charge in [0.2, 0.25) is 10.0 Å². The maximum Gasteiger partial charge on any atom is 0.211 e. The number of sulfonamides is 1. The Hall–Kier alpha value is -0.130. The van der Waals surface area contributed by atoms with Crippen LogP contribution in [0.15, 0.2) is 0 Å². The first-order valence-electron chi connectivity index (χ1n) is 6.45. The molecule has 0 rings (SSSR count). The largest absolute Gasteiger partial charge is 0.314 e. The van der Waals surface area contributed by atoms with Crippen LogP contribution in [-0.2, 0) is 10.0 Å². The van der Waals surface area contributed by atoms with E-state index in [4.69, 9.17) is 0 Å². The van der Waals surface area contributed by atoms with Gasteiger partial charge in [-0.2, -0.15) is 4.31 Å². The molecular formula is C13H30N2O2S. The van der Waals surface area contributed by atoms with E-state index in [2.05, 4.69) is 33.0 Å². The maximum absolute atomic E-state index is 11.5. The zero-order valence-electron chi connectivity index (χ0n) is 13.2. The van der Waals surface area contributed by atoms with Gasteiger partial charge >= 0.3 is 0 Å². The van der Waals surface area contributed by atoms with E-state index in [1.165, 1.54) is 10.6 Å². The third-order valence-electron chi connectivity index (χ3n) is 4.05. The molecule has 0 saturated carbocycles. The van der Waals surface area contributed by atoms with Gasteiger partial charge in [0.15, 0.2) is 0 Å². The third kappa shape index (κ3) is 5.24. The summed E-state index contributed by atoms with van der Waals surface area (Å²) in [5, 5.41) is 3.39. The first-order valence-corrected chi connectivity index (χ1v) is 8.30. The average Bonchev–Trinajstić information content (AvgIpc) is 2.14. The normalized spacial score (nSPS) is 14.6. The van der Waals surface area contributed by atoms with Crippen LogP contribution in [0.5, 0.6) is 0 Å². The molecule has 0 aliphatic heterocycles. The molecule has 0 fully saturated rings. The van der Waals surface area contributed by atoms with Crippen LogP contribution in [0.1, 0.15) is 41.5 Å². The zero-order valence-corrected chi connectivity index (χ0v) is 14.0. The van der Waals surface area contributed by atoms with Gasteiger partial charge in [-0.15, -0.1) is 0 Å². The van der Waals surface area contributed by atoms with E-state index >= 15 is 0 Å². The predicted octanol–water partition coefficient (Wildman–Crippen LogP) is 1.93. The summed E-state index contributed by atoms with van der Waals surface area (Å²) in [6.45, 7) is 14.2. The molecule has 4 nitrogen and oxygen atoms in total. The summed E-state index contributed by atoms with van der Waals surface area (Å²) < 4.78 is 24.5. The van der Waals surface area contributed by atoms with Crippen molar-refractivity contribution in [2.45, 2.75) is 47.1 Å². The Bertz CT molecular complexity index is 359. The summed E-state index contributed by atoms with van der Waals surface area (Å²) in [5.74, 6) is 0.584. The summed E-state index contributed by atoms with van der Waals surface area (Å²) >= 11 is 0. The summed E-state index contributed by atoms with van der Waals surface area (Å²) in [5.41, 5.74) is -0.208. The summed E-state index contributed by atoms with van der Waals surface area (Å²) in [7, 11) is -1.52. The summed E-state index contributed by atoms with van der Waals surface area (Å²) in [6, 6.07) is 0. The zero-order chi connectivity index (χ0) is 14.8. The lowest BCUT2D eigenvalue weighted by Gasteiger charge is -2.36. The fraction of sp³-hybridized carbons (Fsp3) is 1.00. The lowest BCUT2D eigenvalue weighted by molar-refractivity contribution is 0.207. The Labute approximate surface area is 113 Å². The topological polar surface area (TPSA) is 49.4 Å². The van der Waals surface area contributed by atoms with Crippen LogP contribution in [0.4, 0.5) is 0 Å². The van der Waals surface area contributed by atoms with Crippen molar-refractivity contribution in [1.82, 2.24) is 9.62 Å². The quantitative estimate of drug-likeness (QED) is 0.774. The molecule has 0 aliphatic rings. The predicted molar refractivity (Wildman–Crippen MR) is 78.2 cm³/mol. The number of hydrogen-bond acceptors (Lipinski definition) is 3. The van der Waals surface area contributed by atoms with Crippen LogP contribution in [-0.4, -0.2) is 44.7 Å². The lowest BCUT2D eigenvalue weighted by atomic mass is 9.81. The van der Waals surface area contributed by atoms with Gasteiger partial charge in [0.1, 0.15) is 0 Å². The van der Waals surface area contributed by atoms with E-state index in [-0.39, 0.29) is 5.41 Å². The highest BCUT2D eigenvalue weighted by Crippen LogP contribution is 2.25. The highest BCUT2D eigenvalue weighted by molar-refractivity contribution is 7.88. The van der Waals surface area contributed by atoms with Gasteiger partial charge in [0.25, 0.3) is 0 Å². The van der Waals surface area contributed by atoms with Gasteiger partial charge < -0.3 is 5.32 Å². The Morgan fingerprint density at radius 3 is 1.89 bits per heavy atom. The van der Waals surface area contributed by atoms with Crippen molar-refractivity contribution in [2.75, 3.05) is 26.4 Å². The van der Waals surface area contributed by atoms with E-state index in [0.29, 0.717) is 12.5 Å². The fourth-order valence-electron chi connectivity index (χ4n) is 1.45. The molecule has 0 aromatic rings. The van der Waals surface area contributed by atoms with Crippen LogP contribution >= 0.6 is 0 Å². The number of hydrogen-bond donors (Lipinski definition) is 1. The highest BCUT2D eigenvalue weighted by Gasteiger charge is 2.31. The standard InChI is InChI=1S/C13H30N2O2S/c1-11(2)12(3,4)9-14-10-13(5,6)15(7)18(8,16)17/h11,14H,9-10H2,1-8H3. The second-order valence-corrected chi connectivity index (χ2v) is 8.80. The molecule has 0 amide bonds. The highest BCUT2D eigenvalue weighted by atomic mass is 32.2. The van der Waals surface area contributed by atoms with E-state index < -0.39 is 15.6 Å². The Morgan fingerprint density at radius 2 is 1.56 bits per heavy atom. The molecule has 0 bridgehead atoms. The fourth-order valence-corrected chi connectivity index (χ4v) is 2.42. The van der Waals surface area contributed by atoms with Crippen LogP contribution in [0, 0.1) is 11.3 Å². The van der Waals surface area contributed by atoms with Crippen molar-refractivity contribution in [1.29, 1.82) is 0 Å². The minimum Gasteiger partial charge on any atom is -0.314 e. The molecule has 0 spiro atoms. The van der Waals surface area contributed by atoms with Crippen molar-refractivity contribution in [3.8, 4) is 0 Å². The molecule has 5 heteroatoms. The van der Waals surface area contributed by atoms with E-state index in [9.17, 15) is 8.42 Å². The first-order chi connectivity index (χ1) is 7.81. The number of nitrogens with zero attached hydrogens (tertiary/aromatic N) is 1. The van der Waals surface area contributed by atoms with Gasteiger partial charge in [-0.25, -0.2) is 8.42 Å². The molecule has 0 unspecified atom stereocenters. The molecule has 0 radical (unpaired) electrons. The van der Waals surface area contributed by atoms with E-state index in [0.717, 1.165) is 6.54 Å². The third-order valence-corrected chi connectivity index (χ3v) is 5.54. The number of rotatable bonds is 7. The minimum absolute atomic E-state index is 0.208. The molecule has 0 atom stereocenters. The number of nitrogens with one attached hydrogen (secondary N) is 1. The Kier molecular flexibility index (Phi) is 5.84. The van der Waals surface area contributed by atoms with Crippen molar-refractivity contribution >= 4 is 10.0 Å². The van der Waals surface area contributed by atoms with Crippen LogP contribution in [0.3, 0.4) is 0 Å². The van der Waals surface area contributed by atoms with Crippen molar-refractivity contribution in [3.63, 3.8) is 0 Å². The molecular weight excluding hydrogens is 248 g/mol.